The highest BCUT2D eigenvalue weighted by atomic mass is 32.2. The fourth-order valence-electron chi connectivity index (χ4n) is 3.72. The van der Waals surface area contributed by atoms with Crippen LogP contribution < -0.4 is 0 Å². The molecular weight excluding hydrogens is 390 g/mol. The minimum absolute atomic E-state index is 0.0237. The number of hydrogen-bond acceptors (Lipinski definition) is 5. The molecule has 150 valence electrons. The highest BCUT2D eigenvalue weighted by Gasteiger charge is 2.29. The zero-order chi connectivity index (χ0) is 20.4. The molecule has 0 spiro atoms. The number of amides is 1. The Bertz CT molecular complexity index is 1180. The van der Waals surface area contributed by atoms with Crippen LogP contribution in [-0.2, 0) is 21.2 Å². The fraction of sp³-hybridized carbons (Fsp3) is 0.286. The van der Waals surface area contributed by atoms with Gasteiger partial charge in [-0.1, -0.05) is 48.5 Å². The number of aromatic nitrogens is 1. The SMILES string of the molecule is O=C(C[C@@H]1CCS(=O)(=O)C1)N=Nc1c(O)n(Cc2ccccc2)c2ccccc12. The van der Waals surface area contributed by atoms with Crippen molar-refractivity contribution in [1.82, 2.24) is 4.57 Å². The van der Waals surface area contributed by atoms with Crippen molar-refractivity contribution < 1.29 is 18.3 Å². The number of carbonyl (C=O) groups is 1. The van der Waals surface area contributed by atoms with E-state index in [0.29, 0.717) is 18.4 Å². The summed E-state index contributed by atoms with van der Waals surface area (Å²) in [6.45, 7) is 0.455. The molecule has 1 fully saturated rings. The number of carbonyl (C=O) groups excluding carboxylic acids is 1. The standard InChI is InChI=1S/C21H21N3O4S/c25-19(12-16-10-11-29(27,28)14-16)22-23-20-17-8-4-5-9-18(17)24(21(20)26)13-15-6-2-1-3-7-15/h1-9,16,26H,10-14H2/t16-/m0/s1. The first-order chi connectivity index (χ1) is 13.9. The Balaban J connectivity index is 1.59. The van der Waals surface area contributed by atoms with Crippen molar-refractivity contribution >= 4 is 32.3 Å². The van der Waals surface area contributed by atoms with Crippen LogP contribution in [0.5, 0.6) is 5.88 Å². The van der Waals surface area contributed by atoms with Crippen LogP contribution in [0.4, 0.5) is 5.69 Å². The number of benzene rings is 2. The average molecular weight is 411 g/mol. The fourth-order valence-corrected chi connectivity index (χ4v) is 5.58. The molecule has 7 nitrogen and oxygen atoms in total. The van der Waals surface area contributed by atoms with E-state index in [1.165, 1.54) is 0 Å². The molecule has 8 heteroatoms. The molecule has 1 amide bonds. The summed E-state index contributed by atoms with van der Waals surface area (Å²) in [6, 6.07) is 17.1. The minimum Gasteiger partial charge on any atom is -0.493 e. The molecular formula is C21H21N3O4S. The lowest BCUT2D eigenvalue weighted by molar-refractivity contribution is -0.119. The van der Waals surface area contributed by atoms with Crippen molar-refractivity contribution in [3.05, 3.63) is 60.2 Å². The maximum absolute atomic E-state index is 12.2. The number of hydrogen-bond donors (Lipinski definition) is 1. The van der Waals surface area contributed by atoms with Gasteiger partial charge in [-0.3, -0.25) is 4.79 Å². The molecule has 1 N–H and O–H groups in total. The first-order valence-electron chi connectivity index (χ1n) is 9.42. The number of para-hydroxylation sites is 1. The molecule has 0 radical (unpaired) electrons. The minimum atomic E-state index is -3.04. The molecule has 1 saturated heterocycles. The van der Waals surface area contributed by atoms with Crippen LogP contribution in [0.25, 0.3) is 10.9 Å². The van der Waals surface area contributed by atoms with E-state index in [-0.39, 0.29) is 35.4 Å². The van der Waals surface area contributed by atoms with Gasteiger partial charge in [0, 0.05) is 11.8 Å². The van der Waals surface area contributed by atoms with Crippen LogP contribution in [0.3, 0.4) is 0 Å². The number of fused-ring (bicyclic) bond motifs is 1. The molecule has 2 aromatic carbocycles. The third kappa shape index (κ3) is 4.22. The van der Waals surface area contributed by atoms with Crippen molar-refractivity contribution in [2.45, 2.75) is 19.4 Å². The molecule has 1 aliphatic rings. The van der Waals surface area contributed by atoms with E-state index in [1.807, 2.05) is 54.6 Å². The van der Waals surface area contributed by atoms with Gasteiger partial charge in [-0.15, -0.1) is 10.2 Å². The van der Waals surface area contributed by atoms with Gasteiger partial charge in [0.15, 0.2) is 15.5 Å². The lowest BCUT2D eigenvalue weighted by Gasteiger charge is -2.06. The summed E-state index contributed by atoms with van der Waals surface area (Å²) in [6.07, 6.45) is 0.525. The van der Waals surface area contributed by atoms with Gasteiger partial charge in [-0.05, 0) is 24.0 Å². The lowest BCUT2D eigenvalue weighted by atomic mass is 10.1. The summed E-state index contributed by atoms with van der Waals surface area (Å²) < 4.78 is 24.8. The second-order valence-corrected chi connectivity index (χ2v) is 9.56. The highest BCUT2D eigenvalue weighted by molar-refractivity contribution is 7.91. The molecule has 0 unspecified atom stereocenters. The van der Waals surface area contributed by atoms with E-state index in [4.69, 9.17) is 0 Å². The van der Waals surface area contributed by atoms with E-state index >= 15 is 0 Å². The molecule has 0 saturated carbocycles. The Hall–Kier alpha value is -3.00. The zero-order valence-electron chi connectivity index (χ0n) is 15.7. The predicted molar refractivity (Wildman–Crippen MR) is 110 cm³/mol. The van der Waals surface area contributed by atoms with Crippen molar-refractivity contribution in [1.29, 1.82) is 0 Å². The molecule has 4 rings (SSSR count). The molecule has 1 aromatic heterocycles. The second-order valence-electron chi connectivity index (χ2n) is 7.33. The van der Waals surface area contributed by atoms with Crippen molar-refractivity contribution in [3.63, 3.8) is 0 Å². The maximum atomic E-state index is 12.2. The van der Waals surface area contributed by atoms with Crippen molar-refractivity contribution in [2.75, 3.05) is 11.5 Å². The number of azo groups is 1. The van der Waals surface area contributed by atoms with E-state index < -0.39 is 15.7 Å². The van der Waals surface area contributed by atoms with Crippen LogP contribution in [0.15, 0.2) is 64.8 Å². The van der Waals surface area contributed by atoms with Gasteiger partial charge in [-0.2, -0.15) is 0 Å². The Labute approximate surface area is 168 Å². The van der Waals surface area contributed by atoms with Crippen LogP contribution in [0.1, 0.15) is 18.4 Å². The number of aromatic hydroxyl groups is 1. The number of rotatable bonds is 5. The maximum Gasteiger partial charge on any atom is 0.265 e. The summed E-state index contributed by atoms with van der Waals surface area (Å²) in [5, 5.41) is 19.2. The predicted octanol–water partition coefficient (Wildman–Crippen LogP) is 3.83. The molecule has 0 bridgehead atoms. The quantitative estimate of drug-likeness (QED) is 0.645. The van der Waals surface area contributed by atoms with Crippen LogP contribution in [0, 0.1) is 5.92 Å². The first-order valence-corrected chi connectivity index (χ1v) is 11.2. The largest absolute Gasteiger partial charge is 0.493 e. The van der Waals surface area contributed by atoms with E-state index in [0.717, 1.165) is 11.1 Å². The van der Waals surface area contributed by atoms with Gasteiger partial charge in [0.05, 0.1) is 23.6 Å². The van der Waals surface area contributed by atoms with Gasteiger partial charge in [0.2, 0.25) is 5.88 Å². The number of nitrogens with zero attached hydrogens (tertiary/aromatic N) is 3. The van der Waals surface area contributed by atoms with Crippen LogP contribution >= 0.6 is 0 Å². The van der Waals surface area contributed by atoms with E-state index in [1.54, 1.807) is 4.57 Å². The Morgan fingerprint density at radius 3 is 2.55 bits per heavy atom. The normalized spacial score (nSPS) is 18.6. The molecule has 1 atom stereocenters. The average Bonchev–Trinajstić information content (AvgIpc) is 3.17. The monoisotopic (exact) mass is 411 g/mol. The number of sulfone groups is 1. The van der Waals surface area contributed by atoms with Crippen molar-refractivity contribution in [3.8, 4) is 5.88 Å². The van der Waals surface area contributed by atoms with E-state index in [2.05, 4.69) is 10.2 Å². The Morgan fingerprint density at radius 1 is 1.10 bits per heavy atom. The van der Waals surface area contributed by atoms with Crippen molar-refractivity contribution in [2.24, 2.45) is 16.1 Å². The smallest absolute Gasteiger partial charge is 0.265 e. The summed E-state index contributed by atoms with van der Waals surface area (Å²) >= 11 is 0. The molecule has 3 aromatic rings. The Morgan fingerprint density at radius 2 is 1.83 bits per heavy atom. The first kappa shape index (κ1) is 19.3. The van der Waals surface area contributed by atoms with Gasteiger partial charge < -0.3 is 9.67 Å². The summed E-state index contributed by atoms with van der Waals surface area (Å²) in [7, 11) is -3.04. The Kier molecular flexibility index (Phi) is 5.19. The molecule has 2 heterocycles. The third-order valence-corrected chi connectivity index (χ3v) is 6.99. The van der Waals surface area contributed by atoms with Crippen LogP contribution in [-0.4, -0.2) is 35.5 Å². The topological polar surface area (TPSA) is 101 Å². The van der Waals surface area contributed by atoms with Gasteiger partial charge in [-0.25, -0.2) is 8.42 Å². The van der Waals surface area contributed by atoms with Crippen LogP contribution in [0.2, 0.25) is 0 Å². The second kappa shape index (κ2) is 7.79. The van der Waals surface area contributed by atoms with Gasteiger partial charge in [0.25, 0.3) is 5.91 Å². The molecule has 29 heavy (non-hydrogen) atoms. The lowest BCUT2D eigenvalue weighted by Crippen LogP contribution is -2.08. The summed E-state index contributed by atoms with van der Waals surface area (Å²) in [5.41, 5.74) is 2.05. The van der Waals surface area contributed by atoms with Gasteiger partial charge in [0.1, 0.15) is 0 Å². The van der Waals surface area contributed by atoms with E-state index in [9.17, 15) is 18.3 Å². The van der Waals surface area contributed by atoms with Gasteiger partial charge >= 0.3 is 0 Å². The zero-order valence-corrected chi connectivity index (χ0v) is 16.5. The molecule has 1 aliphatic heterocycles. The highest BCUT2D eigenvalue weighted by Crippen LogP contribution is 2.39. The third-order valence-electron chi connectivity index (χ3n) is 5.15. The summed E-state index contributed by atoms with van der Waals surface area (Å²) in [4.78, 5) is 12.2. The molecule has 0 aliphatic carbocycles. The summed E-state index contributed by atoms with van der Waals surface area (Å²) in [5.74, 6) is -0.605.